The smallest absolute Gasteiger partial charge is 0.122 e. The van der Waals surface area contributed by atoms with Gasteiger partial charge in [0.15, 0.2) is 0 Å². The monoisotopic (exact) mass is 278 g/mol. The maximum Gasteiger partial charge on any atom is 0.122 e. The molecule has 0 radical (unpaired) electrons. The van der Waals surface area contributed by atoms with Crippen LogP contribution in [0.5, 0.6) is 5.75 Å². The molecule has 1 aliphatic rings. The van der Waals surface area contributed by atoms with E-state index in [1.165, 1.54) is 11.1 Å². The predicted molar refractivity (Wildman–Crippen MR) is 80.8 cm³/mol. The van der Waals surface area contributed by atoms with Crippen molar-refractivity contribution in [2.24, 2.45) is 5.84 Å². The number of methoxy groups -OCH3 is 1. The molecule has 0 saturated carbocycles. The van der Waals surface area contributed by atoms with Gasteiger partial charge in [-0.25, -0.2) is 0 Å². The lowest BCUT2D eigenvalue weighted by molar-refractivity contribution is 0.0582. The second kappa shape index (κ2) is 7.62. The third-order valence-electron chi connectivity index (χ3n) is 4.04. The number of aryl methyl sites for hydroxylation is 1. The van der Waals surface area contributed by atoms with Gasteiger partial charge in [0.2, 0.25) is 0 Å². The van der Waals surface area contributed by atoms with Gasteiger partial charge in [-0.1, -0.05) is 25.5 Å². The van der Waals surface area contributed by atoms with Crippen LogP contribution in [0, 0.1) is 0 Å². The maximum atomic E-state index is 5.68. The Morgan fingerprint density at radius 1 is 1.40 bits per heavy atom. The van der Waals surface area contributed by atoms with E-state index in [0.29, 0.717) is 0 Å². The number of rotatable bonds is 8. The van der Waals surface area contributed by atoms with E-state index < -0.39 is 0 Å². The van der Waals surface area contributed by atoms with E-state index in [0.717, 1.165) is 44.5 Å². The molecule has 2 rings (SSSR count). The number of hydrazine groups is 1. The molecule has 1 aromatic carbocycles. The largest absolute Gasteiger partial charge is 0.493 e. The van der Waals surface area contributed by atoms with Crippen molar-refractivity contribution in [1.82, 2.24) is 5.43 Å². The van der Waals surface area contributed by atoms with E-state index in [1.807, 2.05) is 0 Å². The number of hydrogen-bond acceptors (Lipinski definition) is 4. The summed E-state index contributed by atoms with van der Waals surface area (Å²) >= 11 is 0. The summed E-state index contributed by atoms with van der Waals surface area (Å²) in [4.78, 5) is 0. The SMILES string of the molecule is CCCC(OC)C(CCc1ccc2c(c1)CCO2)NN. The van der Waals surface area contributed by atoms with Crippen LogP contribution in [0.3, 0.4) is 0 Å². The van der Waals surface area contributed by atoms with Gasteiger partial charge in [-0.3, -0.25) is 11.3 Å². The molecule has 20 heavy (non-hydrogen) atoms. The van der Waals surface area contributed by atoms with Crippen molar-refractivity contribution in [1.29, 1.82) is 0 Å². The van der Waals surface area contributed by atoms with Gasteiger partial charge in [-0.15, -0.1) is 0 Å². The van der Waals surface area contributed by atoms with Crippen LogP contribution in [0.4, 0.5) is 0 Å². The molecule has 0 saturated heterocycles. The second-order valence-corrected chi connectivity index (χ2v) is 5.42. The van der Waals surface area contributed by atoms with Gasteiger partial charge in [0.25, 0.3) is 0 Å². The summed E-state index contributed by atoms with van der Waals surface area (Å²) < 4.78 is 11.1. The van der Waals surface area contributed by atoms with E-state index in [-0.39, 0.29) is 12.1 Å². The fourth-order valence-corrected chi connectivity index (χ4v) is 2.86. The first kappa shape index (κ1) is 15.3. The zero-order valence-corrected chi connectivity index (χ0v) is 12.5. The summed E-state index contributed by atoms with van der Waals surface area (Å²) in [7, 11) is 1.76. The molecule has 1 aliphatic heterocycles. The van der Waals surface area contributed by atoms with Crippen LogP contribution in [0.2, 0.25) is 0 Å². The Balaban J connectivity index is 1.92. The first-order valence-corrected chi connectivity index (χ1v) is 7.52. The minimum atomic E-state index is 0.183. The Morgan fingerprint density at radius 2 is 2.25 bits per heavy atom. The lowest BCUT2D eigenvalue weighted by Crippen LogP contribution is -2.45. The molecule has 4 heteroatoms. The van der Waals surface area contributed by atoms with Gasteiger partial charge < -0.3 is 9.47 Å². The van der Waals surface area contributed by atoms with Crippen molar-refractivity contribution in [2.75, 3.05) is 13.7 Å². The summed E-state index contributed by atoms with van der Waals surface area (Å²) in [5.74, 6) is 6.73. The molecule has 2 atom stereocenters. The summed E-state index contributed by atoms with van der Waals surface area (Å²) in [6.07, 6.45) is 5.33. The molecule has 0 amide bonds. The minimum Gasteiger partial charge on any atom is -0.493 e. The van der Waals surface area contributed by atoms with E-state index in [2.05, 4.69) is 30.5 Å². The topological polar surface area (TPSA) is 56.5 Å². The highest BCUT2D eigenvalue weighted by Crippen LogP contribution is 2.26. The molecule has 1 aromatic rings. The van der Waals surface area contributed by atoms with Crippen molar-refractivity contribution in [3.8, 4) is 5.75 Å². The first-order valence-electron chi connectivity index (χ1n) is 7.52. The van der Waals surface area contributed by atoms with Crippen molar-refractivity contribution in [3.05, 3.63) is 29.3 Å². The summed E-state index contributed by atoms with van der Waals surface area (Å²) in [5, 5.41) is 0. The molecule has 0 fully saturated rings. The number of nitrogens with two attached hydrogens (primary N) is 1. The molecule has 0 spiro atoms. The molecule has 112 valence electrons. The Hall–Kier alpha value is -1.10. The maximum absolute atomic E-state index is 5.68. The van der Waals surface area contributed by atoms with Crippen molar-refractivity contribution >= 4 is 0 Å². The van der Waals surface area contributed by atoms with E-state index in [1.54, 1.807) is 7.11 Å². The average molecular weight is 278 g/mol. The van der Waals surface area contributed by atoms with Gasteiger partial charge in [0, 0.05) is 19.6 Å². The zero-order valence-electron chi connectivity index (χ0n) is 12.5. The first-order chi connectivity index (χ1) is 9.78. The highest BCUT2D eigenvalue weighted by Gasteiger charge is 2.19. The molecule has 0 bridgehead atoms. The highest BCUT2D eigenvalue weighted by molar-refractivity contribution is 5.39. The standard InChI is InChI=1S/C16H26N2O2/c1-3-4-16(19-2)14(18-17)7-5-12-6-8-15-13(11-12)9-10-20-15/h6,8,11,14,16,18H,3-5,7,9-10,17H2,1-2H3. The number of benzene rings is 1. The second-order valence-electron chi connectivity index (χ2n) is 5.42. The Morgan fingerprint density at radius 3 is 2.95 bits per heavy atom. The van der Waals surface area contributed by atoms with Crippen LogP contribution in [-0.2, 0) is 17.6 Å². The number of ether oxygens (including phenoxy) is 2. The Kier molecular flexibility index (Phi) is 5.83. The molecule has 0 aromatic heterocycles. The van der Waals surface area contributed by atoms with Crippen LogP contribution in [0.25, 0.3) is 0 Å². The normalized spacial score (nSPS) is 16.6. The third-order valence-corrected chi connectivity index (χ3v) is 4.04. The van der Waals surface area contributed by atoms with E-state index >= 15 is 0 Å². The molecule has 4 nitrogen and oxygen atoms in total. The van der Waals surface area contributed by atoms with Gasteiger partial charge in [0.05, 0.1) is 12.7 Å². The molecule has 1 heterocycles. The summed E-state index contributed by atoms with van der Waals surface area (Å²) in [6.45, 7) is 2.98. The minimum absolute atomic E-state index is 0.183. The number of fused-ring (bicyclic) bond motifs is 1. The van der Waals surface area contributed by atoms with Crippen molar-refractivity contribution in [3.63, 3.8) is 0 Å². The summed E-state index contributed by atoms with van der Waals surface area (Å²) in [5.41, 5.74) is 5.59. The van der Waals surface area contributed by atoms with Crippen LogP contribution < -0.4 is 16.0 Å². The number of nitrogens with one attached hydrogen (secondary N) is 1. The molecule has 0 aliphatic carbocycles. The lowest BCUT2D eigenvalue weighted by atomic mass is 9.97. The summed E-state index contributed by atoms with van der Waals surface area (Å²) in [6, 6.07) is 6.70. The quantitative estimate of drug-likeness (QED) is 0.565. The third kappa shape index (κ3) is 3.72. The molecule has 2 unspecified atom stereocenters. The van der Waals surface area contributed by atoms with Gasteiger partial charge in [0.1, 0.15) is 5.75 Å². The van der Waals surface area contributed by atoms with Crippen LogP contribution in [0.15, 0.2) is 18.2 Å². The Labute approximate surface area is 121 Å². The molecular weight excluding hydrogens is 252 g/mol. The fourth-order valence-electron chi connectivity index (χ4n) is 2.86. The van der Waals surface area contributed by atoms with Crippen molar-refractivity contribution in [2.45, 2.75) is 51.2 Å². The Bertz CT molecular complexity index is 423. The van der Waals surface area contributed by atoms with E-state index in [4.69, 9.17) is 15.3 Å². The van der Waals surface area contributed by atoms with Gasteiger partial charge in [-0.05, 0) is 36.5 Å². The van der Waals surface area contributed by atoms with Crippen LogP contribution >= 0.6 is 0 Å². The predicted octanol–water partition coefficient (Wildman–Crippen LogP) is 2.20. The fraction of sp³-hybridized carbons (Fsp3) is 0.625. The molecular formula is C16H26N2O2. The average Bonchev–Trinajstić information content (AvgIpc) is 2.94. The highest BCUT2D eigenvalue weighted by atomic mass is 16.5. The van der Waals surface area contributed by atoms with Crippen LogP contribution in [-0.4, -0.2) is 25.9 Å². The van der Waals surface area contributed by atoms with Crippen molar-refractivity contribution < 1.29 is 9.47 Å². The lowest BCUT2D eigenvalue weighted by Gasteiger charge is -2.25. The van der Waals surface area contributed by atoms with Crippen LogP contribution in [0.1, 0.15) is 37.3 Å². The number of hydrogen-bond donors (Lipinski definition) is 2. The molecule has 3 N–H and O–H groups in total. The zero-order chi connectivity index (χ0) is 14.4. The van der Waals surface area contributed by atoms with E-state index in [9.17, 15) is 0 Å². The van der Waals surface area contributed by atoms with Gasteiger partial charge in [-0.2, -0.15) is 0 Å². The van der Waals surface area contributed by atoms with Gasteiger partial charge >= 0.3 is 0 Å².